The number of carbonyl (C=O) groups excluding carboxylic acids is 2. The van der Waals surface area contributed by atoms with Gasteiger partial charge in [-0.2, -0.15) is 0 Å². The van der Waals surface area contributed by atoms with Crippen molar-refractivity contribution in [1.29, 1.82) is 0 Å². The SMILES string of the molecule is CC1=N[N+]2(c3ccccc3)C3(CCC(C)N(C)CC32n2cc(C(=O)NCc3c(F)cc(F)cc3F)c(=O)c(O)c2C=O)C1. The summed E-state index contributed by atoms with van der Waals surface area (Å²) >= 11 is 0. The van der Waals surface area contributed by atoms with Crippen LogP contribution in [0.15, 0.2) is 58.6 Å². The minimum Gasteiger partial charge on any atom is -0.503 e. The number of halogens is 3. The molecule has 3 aliphatic heterocycles. The Morgan fingerprint density at radius 3 is 2.53 bits per heavy atom. The molecule has 4 atom stereocenters. The lowest BCUT2D eigenvalue weighted by atomic mass is 9.89. The molecular weight excluding hydrogens is 563 g/mol. The van der Waals surface area contributed by atoms with Crippen molar-refractivity contribution < 1.29 is 27.9 Å². The molecule has 2 N–H and O–H groups in total. The molecule has 0 radical (unpaired) electrons. The molecule has 1 amide bonds. The Balaban J connectivity index is 1.53. The van der Waals surface area contributed by atoms with E-state index in [1.807, 2.05) is 44.3 Å². The summed E-state index contributed by atoms with van der Waals surface area (Å²) in [6.45, 7) is 3.74. The van der Waals surface area contributed by atoms with Gasteiger partial charge in [0, 0.05) is 55.0 Å². The number of aromatic hydroxyl groups is 1. The molecule has 224 valence electrons. The zero-order valence-corrected chi connectivity index (χ0v) is 23.9. The van der Waals surface area contributed by atoms with Gasteiger partial charge in [0.2, 0.25) is 11.0 Å². The van der Waals surface area contributed by atoms with Crippen LogP contribution in [-0.4, -0.2) is 57.7 Å². The van der Waals surface area contributed by atoms with E-state index in [4.69, 9.17) is 5.10 Å². The monoisotopic (exact) mass is 594 g/mol. The lowest BCUT2D eigenvalue weighted by molar-refractivity contribution is 0.0944. The number of rotatable bonds is 6. The molecule has 2 saturated heterocycles. The third-order valence-corrected chi connectivity index (χ3v) is 9.55. The van der Waals surface area contributed by atoms with E-state index in [2.05, 4.69) is 17.1 Å². The van der Waals surface area contributed by atoms with Crippen LogP contribution in [0.5, 0.6) is 5.75 Å². The smallest absolute Gasteiger partial charge is 0.280 e. The van der Waals surface area contributed by atoms with Crippen LogP contribution in [0.25, 0.3) is 0 Å². The van der Waals surface area contributed by atoms with Crippen LogP contribution in [-0.2, 0) is 12.2 Å². The highest BCUT2D eigenvalue weighted by molar-refractivity contribution is 5.95. The van der Waals surface area contributed by atoms with E-state index in [0.717, 1.165) is 17.8 Å². The van der Waals surface area contributed by atoms with E-state index >= 15 is 0 Å². The quantitative estimate of drug-likeness (QED) is 0.255. The molecule has 6 rings (SSSR count). The summed E-state index contributed by atoms with van der Waals surface area (Å²) in [5.41, 5.74) is -2.38. The van der Waals surface area contributed by atoms with Crippen molar-refractivity contribution in [3.05, 3.63) is 93.2 Å². The minimum atomic E-state index is -1.20. The second-order valence-corrected chi connectivity index (χ2v) is 11.8. The summed E-state index contributed by atoms with van der Waals surface area (Å²) in [4.78, 5) is 41.3. The molecule has 0 saturated carbocycles. The minimum absolute atomic E-state index is 0.0833. The number of likely N-dealkylation sites (N-methyl/N-ethyl adjacent to an activating group) is 1. The third-order valence-electron chi connectivity index (χ3n) is 9.55. The standard InChI is InChI=1S/C31H30F3N5O4/c1-18-13-30-10-9-19(2)37(3)17-31(30,39(30,36-18)21-7-5-4-6-8-21)38-15-23(27(41)28(42)26(38)16-40)29(43)35-14-22-24(33)11-20(32)12-25(22)34/h4-8,11-12,15-16,19H,9-10,13-14,17H2,1-3H3,(H-,35,40,42,43)/p+1. The van der Waals surface area contributed by atoms with Gasteiger partial charge in [0.1, 0.15) is 28.7 Å². The Kier molecular flexibility index (Phi) is 6.62. The predicted octanol–water partition coefficient (Wildman–Crippen LogP) is 4.02. The van der Waals surface area contributed by atoms with Crippen molar-refractivity contribution in [3.8, 4) is 5.75 Å². The van der Waals surface area contributed by atoms with Crippen LogP contribution >= 0.6 is 0 Å². The van der Waals surface area contributed by atoms with Crippen LogP contribution < -0.4 is 15.3 Å². The number of aldehydes is 1. The van der Waals surface area contributed by atoms with Gasteiger partial charge in [0.25, 0.3) is 11.6 Å². The zero-order chi connectivity index (χ0) is 30.9. The van der Waals surface area contributed by atoms with Gasteiger partial charge < -0.3 is 10.4 Å². The first kappa shape index (κ1) is 28.8. The summed E-state index contributed by atoms with van der Waals surface area (Å²) in [6.07, 6.45) is 3.74. The normalized spacial score (nSPS) is 28.0. The Bertz CT molecular complexity index is 1740. The number of quaternary nitrogens is 1. The van der Waals surface area contributed by atoms with Gasteiger partial charge in [0.15, 0.2) is 17.7 Å². The van der Waals surface area contributed by atoms with Crippen molar-refractivity contribution in [2.24, 2.45) is 5.10 Å². The first-order chi connectivity index (χ1) is 20.4. The maximum atomic E-state index is 14.2. The number of benzene rings is 2. The maximum Gasteiger partial charge on any atom is 0.280 e. The molecule has 43 heavy (non-hydrogen) atoms. The molecule has 4 unspecified atom stereocenters. The lowest BCUT2D eigenvalue weighted by Gasteiger charge is -2.31. The van der Waals surface area contributed by atoms with Gasteiger partial charge in [-0.3, -0.25) is 23.9 Å². The van der Waals surface area contributed by atoms with Crippen LogP contribution in [0.1, 0.15) is 59.5 Å². The Morgan fingerprint density at radius 1 is 1.21 bits per heavy atom. The average molecular weight is 595 g/mol. The van der Waals surface area contributed by atoms with Crippen molar-refractivity contribution in [2.75, 3.05) is 13.6 Å². The number of pyridine rings is 1. The third kappa shape index (κ3) is 3.79. The molecule has 9 nitrogen and oxygen atoms in total. The molecule has 2 aromatic carbocycles. The highest BCUT2D eigenvalue weighted by Crippen LogP contribution is 2.73. The van der Waals surface area contributed by atoms with Crippen LogP contribution in [0, 0.1) is 17.5 Å². The number of amides is 1. The van der Waals surface area contributed by atoms with Crippen molar-refractivity contribution >= 4 is 23.6 Å². The van der Waals surface area contributed by atoms with Gasteiger partial charge in [-0.25, -0.2) is 13.2 Å². The number of para-hydroxylation sites is 1. The largest absolute Gasteiger partial charge is 0.503 e. The summed E-state index contributed by atoms with van der Waals surface area (Å²) < 4.78 is 43.5. The molecule has 2 fully saturated rings. The van der Waals surface area contributed by atoms with E-state index in [0.29, 0.717) is 37.8 Å². The van der Waals surface area contributed by atoms with Crippen molar-refractivity contribution in [1.82, 2.24) is 19.4 Å². The first-order valence-corrected chi connectivity index (χ1v) is 14.0. The number of aromatic nitrogens is 1. The Labute approximate surface area is 245 Å². The fraction of sp³-hybridized carbons (Fsp3) is 0.355. The maximum absolute atomic E-state index is 14.2. The second-order valence-electron chi connectivity index (χ2n) is 11.8. The highest BCUT2D eigenvalue weighted by Gasteiger charge is 2.96. The Morgan fingerprint density at radius 2 is 1.88 bits per heavy atom. The second kappa shape index (κ2) is 9.88. The van der Waals surface area contributed by atoms with Gasteiger partial charge in [-0.1, -0.05) is 23.3 Å². The predicted molar refractivity (Wildman–Crippen MR) is 153 cm³/mol. The Hall–Kier alpha value is -4.29. The number of fused-ring (bicyclic) bond motifs is 1. The molecule has 0 bridgehead atoms. The van der Waals surface area contributed by atoms with Gasteiger partial charge in [0.05, 0.1) is 18.7 Å². The number of hydrogen-bond donors (Lipinski definition) is 2. The molecule has 12 heteroatoms. The van der Waals surface area contributed by atoms with Crippen LogP contribution in [0.3, 0.4) is 0 Å². The molecule has 1 aromatic heterocycles. The fourth-order valence-electron chi connectivity index (χ4n) is 7.49. The van der Waals surface area contributed by atoms with E-state index in [1.165, 1.54) is 10.8 Å². The lowest BCUT2D eigenvalue weighted by Crippen LogP contribution is -2.47. The summed E-state index contributed by atoms with van der Waals surface area (Å²) in [5.74, 6) is -5.46. The number of nitrogens with one attached hydrogen (secondary N) is 1. The van der Waals surface area contributed by atoms with Gasteiger partial charge >= 0.3 is 0 Å². The number of carbonyl (C=O) groups is 2. The van der Waals surface area contributed by atoms with E-state index in [-0.39, 0.29) is 16.3 Å². The number of hydrogen-bond acceptors (Lipinski definition) is 6. The summed E-state index contributed by atoms with van der Waals surface area (Å²) in [7, 11) is 1.96. The van der Waals surface area contributed by atoms with Gasteiger partial charge in [-0.05, 0) is 27.3 Å². The highest BCUT2D eigenvalue weighted by atomic mass is 19.1. The van der Waals surface area contributed by atoms with Crippen molar-refractivity contribution in [3.63, 3.8) is 0 Å². The molecule has 3 aromatic rings. The molecule has 4 heterocycles. The summed E-state index contributed by atoms with van der Waals surface area (Å²) in [6, 6.07) is 10.7. The topological polar surface area (TPSA) is 104 Å². The first-order valence-electron chi connectivity index (χ1n) is 14.0. The fourth-order valence-corrected chi connectivity index (χ4v) is 7.49. The number of likely N-dealkylation sites (tertiary alicyclic amines) is 1. The van der Waals surface area contributed by atoms with Crippen LogP contribution in [0.2, 0.25) is 0 Å². The molecule has 0 aliphatic carbocycles. The molecule has 3 aliphatic rings. The van der Waals surface area contributed by atoms with E-state index < -0.39 is 63.4 Å². The zero-order valence-electron chi connectivity index (χ0n) is 23.9. The van der Waals surface area contributed by atoms with Crippen molar-refractivity contribution in [2.45, 2.75) is 56.9 Å². The van der Waals surface area contributed by atoms with E-state index in [1.54, 1.807) is 0 Å². The molecule has 1 spiro atoms. The van der Waals surface area contributed by atoms with Gasteiger partial charge in [-0.15, -0.1) is 4.59 Å². The van der Waals surface area contributed by atoms with E-state index in [9.17, 15) is 32.7 Å². The van der Waals surface area contributed by atoms with Crippen LogP contribution in [0.4, 0.5) is 18.9 Å². The number of nitrogens with zero attached hydrogens (tertiary/aromatic N) is 4. The molecular formula is C31H31F3N5O4+. The average Bonchev–Trinajstić information content (AvgIpc) is 3.30. The summed E-state index contributed by atoms with van der Waals surface area (Å²) in [5, 5.41) is 18.5.